The van der Waals surface area contributed by atoms with Crippen LogP contribution < -0.4 is 0 Å². The average Bonchev–Trinajstić information content (AvgIpc) is 2.25. The maximum absolute atomic E-state index is 11.0. The van der Waals surface area contributed by atoms with Crippen molar-refractivity contribution in [2.45, 2.75) is 13.3 Å². The monoisotopic (exact) mass is 287 g/mol. The number of fused-ring (bicyclic) bond motifs is 1. The number of benzene rings is 1. The van der Waals surface area contributed by atoms with Gasteiger partial charge in [-0.3, -0.25) is 9.78 Å². The van der Waals surface area contributed by atoms with E-state index >= 15 is 0 Å². The summed E-state index contributed by atoms with van der Waals surface area (Å²) in [4.78, 5) is 15.4. The van der Waals surface area contributed by atoms with E-state index in [-0.39, 0.29) is 12.2 Å². The van der Waals surface area contributed by atoms with Gasteiger partial charge in [-0.25, -0.2) is 0 Å². The van der Waals surface area contributed by atoms with E-state index in [1.807, 2.05) is 0 Å². The number of pyridine rings is 1. The lowest BCUT2D eigenvalue weighted by Crippen LogP contribution is -1.99. The third-order valence-electron chi connectivity index (χ3n) is 2.31. The van der Waals surface area contributed by atoms with Gasteiger partial charge in [-0.05, 0) is 25.1 Å². The molecule has 0 aliphatic rings. The summed E-state index contributed by atoms with van der Waals surface area (Å²) < 4.78 is 0. The molecule has 0 aliphatic carbocycles. The van der Waals surface area contributed by atoms with Crippen LogP contribution in [0.15, 0.2) is 18.2 Å². The van der Waals surface area contributed by atoms with Gasteiger partial charge >= 0.3 is 0 Å². The van der Waals surface area contributed by atoms with Crippen molar-refractivity contribution >= 4 is 51.5 Å². The predicted octanol–water partition coefficient (Wildman–Crippen LogP) is 4.33. The van der Waals surface area contributed by atoms with E-state index in [0.717, 1.165) is 0 Å². The third kappa shape index (κ3) is 2.54. The number of rotatable bonds is 2. The van der Waals surface area contributed by atoms with Crippen molar-refractivity contribution in [2.24, 2.45) is 0 Å². The van der Waals surface area contributed by atoms with Crippen LogP contribution in [-0.4, -0.2) is 10.8 Å². The lowest BCUT2D eigenvalue weighted by molar-refractivity contribution is -0.116. The van der Waals surface area contributed by atoms with E-state index in [9.17, 15) is 4.79 Å². The number of ketones is 1. The molecule has 0 saturated carbocycles. The van der Waals surface area contributed by atoms with Crippen molar-refractivity contribution < 1.29 is 4.79 Å². The molecule has 0 N–H and O–H groups in total. The quantitative estimate of drug-likeness (QED) is 0.770. The first-order valence-corrected chi connectivity index (χ1v) is 6.05. The van der Waals surface area contributed by atoms with Crippen LogP contribution >= 0.6 is 34.8 Å². The Bertz CT molecular complexity index is 610. The molecule has 0 amide bonds. The molecule has 88 valence electrons. The van der Waals surface area contributed by atoms with Gasteiger partial charge < -0.3 is 0 Å². The van der Waals surface area contributed by atoms with E-state index in [2.05, 4.69) is 4.98 Å². The minimum absolute atomic E-state index is 0.0491. The number of Topliss-reactive ketones (excluding diaryl/α,β-unsaturated/α-hetero) is 1. The molecule has 0 aliphatic heterocycles. The minimum Gasteiger partial charge on any atom is -0.300 e. The molecular formula is C12H8Cl3NO. The van der Waals surface area contributed by atoms with Gasteiger partial charge in [0.05, 0.1) is 20.6 Å². The number of hydrogen-bond acceptors (Lipinski definition) is 2. The number of halogens is 3. The number of nitrogens with zero attached hydrogens (tertiary/aromatic N) is 1. The van der Waals surface area contributed by atoms with Crippen LogP contribution in [-0.2, 0) is 11.2 Å². The average molecular weight is 289 g/mol. The molecule has 2 nitrogen and oxygen atoms in total. The van der Waals surface area contributed by atoms with Crippen LogP contribution in [0.1, 0.15) is 12.6 Å². The Morgan fingerprint density at radius 1 is 1.24 bits per heavy atom. The lowest BCUT2D eigenvalue weighted by Gasteiger charge is -2.06. The normalized spacial score (nSPS) is 10.8. The van der Waals surface area contributed by atoms with Gasteiger partial charge in [0.25, 0.3) is 0 Å². The summed E-state index contributed by atoms with van der Waals surface area (Å²) in [5.74, 6) is 0.0491. The van der Waals surface area contributed by atoms with Gasteiger partial charge in [-0.15, -0.1) is 0 Å². The summed E-state index contributed by atoms with van der Waals surface area (Å²) in [6.45, 7) is 1.52. The highest BCUT2D eigenvalue weighted by atomic mass is 35.5. The number of carbonyl (C=O) groups is 1. The Morgan fingerprint density at radius 2 is 1.94 bits per heavy atom. The fourth-order valence-electron chi connectivity index (χ4n) is 1.58. The predicted molar refractivity (Wildman–Crippen MR) is 71.2 cm³/mol. The number of aromatic nitrogens is 1. The van der Waals surface area contributed by atoms with Crippen LogP contribution in [0.2, 0.25) is 15.1 Å². The van der Waals surface area contributed by atoms with Crippen molar-refractivity contribution in [3.05, 3.63) is 39.0 Å². The first-order valence-electron chi connectivity index (χ1n) is 4.91. The maximum Gasteiger partial charge on any atom is 0.135 e. The van der Waals surface area contributed by atoms with Gasteiger partial charge in [0.15, 0.2) is 0 Å². The molecule has 2 rings (SSSR count). The SMILES string of the molecule is CC(=O)Cc1ccc2c(Cl)c(Cl)cc(Cl)c2n1. The highest BCUT2D eigenvalue weighted by Gasteiger charge is 2.10. The van der Waals surface area contributed by atoms with Crippen LogP contribution in [0.25, 0.3) is 10.9 Å². The zero-order chi connectivity index (χ0) is 12.6. The van der Waals surface area contributed by atoms with Crippen LogP contribution in [0.3, 0.4) is 0 Å². The molecule has 17 heavy (non-hydrogen) atoms. The molecule has 0 radical (unpaired) electrons. The van der Waals surface area contributed by atoms with E-state index in [1.54, 1.807) is 18.2 Å². The van der Waals surface area contributed by atoms with Crippen LogP contribution in [0.4, 0.5) is 0 Å². The second kappa shape index (κ2) is 4.81. The molecule has 0 fully saturated rings. The van der Waals surface area contributed by atoms with Crippen molar-refractivity contribution in [2.75, 3.05) is 0 Å². The summed E-state index contributed by atoms with van der Waals surface area (Å²) in [5.41, 5.74) is 1.24. The Balaban J connectivity index is 2.66. The van der Waals surface area contributed by atoms with Gasteiger partial charge in [0, 0.05) is 17.5 Å². The molecule has 2 aromatic rings. The summed E-state index contributed by atoms with van der Waals surface area (Å²) in [6.07, 6.45) is 0.284. The van der Waals surface area contributed by atoms with Gasteiger partial charge in [-0.2, -0.15) is 0 Å². The highest BCUT2D eigenvalue weighted by molar-refractivity contribution is 6.47. The Labute approximate surface area is 113 Å². The van der Waals surface area contributed by atoms with E-state index < -0.39 is 0 Å². The van der Waals surface area contributed by atoms with Gasteiger partial charge in [0.2, 0.25) is 0 Å². The Hall–Kier alpha value is -0.830. The Morgan fingerprint density at radius 3 is 2.59 bits per heavy atom. The van der Waals surface area contributed by atoms with Crippen molar-refractivity contribution in [1.82, 2.24) is 4.98 Å². The van der Waals surface area contributed by atoms with Gasteiger partial charge in [0.1, 0.15) is 5.78 Å². The minimum atomic E-state index is 0.0491. The molecule has 0 bridgehead atoms. The molecule has 1 aromatic carbocycles. The van der Waals surface area contributed by atoms with E-state index in [0.29, 0.717) is 31.7 Å². The molecule has 5 heteroatoms. The summed E-state index contributed by atoms with van der Waals surface area (Å²) in [6, 6.07) is 5.08. The molecule has 0 atom stereocenters. The number of carbonyl (C=O) groups excluding carboxylic acids is 1. The topological polar surface area (TPSA) is 30.0 Å². The summed E-state index contributed by atoms with van der Waals surface area (Å²) in [5, 5.41) is 1.94. The second-order valence-corrected chi connectivity index (χ2v) is 4.92. The van der Waals surface area contributed by atoms with Gasteiger partial charge in [-0.1, -0.05) is 34.8 Å². The first kappa shape index (κ1) is 12.6. The van der Waals surface area contributed by atoms with E-state index in [4.69, 9.17) is 34.8 Å². The largest absolute Gasteiger partial charge is 0.300 e. The zero-order valence-electron chi connectivity index (χ0n) is 8.93. The maximum atomic E-state index is 11.0. The molecule has 0 unspecified atom stereocenters. The number of hydrogen-bond donors (Lipinski definition) is 0. The summed E-state index contributed by atoms with van der Waals surface area (Å²) >= 11 is 18.0. The molecule has 0 spiro atoms. The molecule has 1 aromatic heterocycles. The molecular weight excluding hydrogens is 280 g/mol. The second-order valence-electron chi connectivity index (χ2n) is 3.73. The third-order valence-corrected chi connectivity index (χ3v) is 3.40. The molecule has 0 saturated heterocycles. The van der Waals surface area contributed by atoms with Crippen molar-refractivity contribution in [1.29, 1.82) is 0 Å². The first-order chi connectivity index (χ1) is 7.99. The summed E-state index contributed by atoms with van der Waals surface area (Å²) in [7, 11) is 0. The van der Waals surface area contributed by atoms with Crippen LogP contribution in [0, 0.1) is 0 Å². The Kier molecular flexibility index (Phi) is 3.57. The standard InChI is InChI=1S/C12H8Cl3NO/c1-6(17)4-7-2-3-8-11(15)9(13)5-10(14)12(8)16-7/h2-3,5H,4H2,1H3. The fourth-order valence-corrected chi connectivity index (χ4v) is 2.31. The fraction of sp³-hybridized carbons (Fsp3) is 0.167. The zero-order valence-corrected chi connectivity index (χ0v) is 11.2. The molecule has 1 heterocycles. The van der Waals surface area contributed by atoms with Crippen molar-refractivity contribution in [3.8, 4) is 0 Å². The van der Waals surface area contributed by atoms with E-state index in [1.165, 1.54) is 6.92 Å². The smallest absolute Gasteiger partial charge is 0.135 e. The van der Waals surface area contributed by atoms with Crippen LogP contribution in [0.5, 0.6) is 0 Å². The highest BCUT2D eigenvalue weighted by Crippen LogP contribution is 2.34. The lowest BCUT2D eigenvalue weighted by atomic mass is 10.1. The van der Waals surface area contributed by atoms with Crippen molar-refractivity contribution in [3.63, 3.8) is 0 Å².